The number of fused-ring (bicyclic) bond motifs is 3. The second-order valence-corrected chi connectivity index (χ2v) is 8.03. The van der Waals surface area contributed by atoms with Crippen molar-refractivity contribution in [3.8, 4) is 5.75 Å². The molecule has 1 aliphatic heterocycles. The van der Waals surface area contributed by atoms with Crippen molar-refractivity contribution in [2.75, 3.05) is 13.7 Å². The van der Waals surface area contributed by atoms with E-state index in [1.807, 2.05) is 0 Å². The van der Waals surface area contributed by atoms with E-state index in [1.165, 1.54) is 17.5 Å². The number of amides is 1. The van der Waals surface area contributed by atoms with E-state index in [2.05, 4.69) is 49.6 Å². The molecule has 146 valence electrons. The summed E-state index contributed by atoms with van der Waals surface area (Å²) in [5.74, 6) is 2.11. The minimum Gasteiger partial charge on any atom is -0.497 e. The molecule has 4 atom stereocenters. The summed E-state index contributed by atoms with van der Waals surface area (Å²) in [6, 6.07) is 7.19. The number of rotatable bonds is 5. The number of carbonyl (C=O) groups excluding carboxylic acids is 1. The lowest BCUT2D eigenvalue weighted by Crippen LogP contribution is -2.40. The Balaban J connectivity index is 0.00000243. The van der Waals surface area contributed by atoms with Crippen molar-refractivity contribution in [1.29, 1.82) is 0 Å². The highest BCUT2D eigenvalue weighted by Crippen LogP contribution is 2.46. The van der Waals surface area contributed by atoms with Crippen LogP contribution in [0.2, 0.25) is 0 Å². The predicted molar refractivity (Wildman–Crippen MR) is 108 cm³/mol. The topological polar surface area (TPSA) is 50.4 Å². The summed E-state index contributed by atoms with van der Waals surface area (Å²) in [5.41, 5.74) is 2.74. The van der Waals surface area contributed by atoms with E-state index in [9.17, 15) is 4.79 Å². The largest absolute Gasteiger partial charge is 0.497 e. The van der Waals surface area contributed by atoms with Crippen molar-refractivity contribution in [1.82, 2.24) is 10.6 Å². The van der Waals surface area contributed by atoms with Crippen LogP contribution in [0.5, 0.6) is 5.75 Å². The summed E-state index contributed by atoms with van der Waals surface area (Å²) >= 11 is 0. The molecule has 1 heterocycles. The smallest absolute Gasteiger partial charge is 0.223 e. The van der Waals surface area contributed by atoms with Gasteiger partial charge in [0, 0.05) is 24.5 Å². The maximum atomic E-state index is 12.9. The number of aryl methyl sites for hydroxylation is 1. The van der Waals surface area contributed by atoms with E-state index in [0.717, 1.165) is 31.6 Å². The Morgan fingerprint density at radius 3 is 2.73 bits per heavy atom. The second-order valence-electron chi connectivity index (χ2n) is 8.03. The van der Waals surface area contributed by atoms with Crippen LogP contribution in [0, 0.1) is 11.8 Å². The number of hydrogen-bond donors (Lipinski definition) is 2. The minimum atomic E-state index is 0. The maximum Gasteiger partial charge on any atom is 0.223 e. The van der Waals surface area contributed by atoms with Crippen LogP contribution in [0.1, 0.15) is 57.1 Å². The average Bonchev–Trinajstić information content (AvgIpc) is 2.73. The fraction of sp³-hybridized carbons (Fsp3) is 0.667. The summed E-state index contributed by atoms with van der Waals surface area (Å²) in [7, 11) is 1.72. The first kappa shape index (κ1) is 21.0. The Hall–Kier alpha value is -1.26. The average molecular weight is 381 g/mol. The Labute approximate surface area is 163 Å². The molecule has 0 spiro atoms. The number of ether oxygens (including phenoxy) is 1. The molecule has 1 amide bonds. The molecule has 1 aromatic carbocycles. The van der Waals surface area contributed by atoms with Crippen LogP contribution in [0.15, 0.2) is 18.2 Å². The van der Waals surface area contributed by atoms with Crippen LogP contribution >= 0.6 is 12.4 Å². The van der Waals surface area contributed by atoms with Gasteiger partial charge in [-0.05, 0) is 67.7 Å². The highest BCUT2D eigenvalue weighted by atomic mass is 35.5. The number of hydrogen-bond acceptors (Lipinski definition) is 3. The normalized spacial score (nSPS) is 26.0. The third-order valence-corrected chi connectivity index (χ3v) is 5.81. The van der Waals surface area contributed by atoms with Gasteiger partial charge in [0.15, 0.2) is 0 Å². The van der Waals surface area contributed by atoms with Gasteiger partial charge in [-0.3, -0.25) is 4.79 Å². The van der Waals surface area contributed by atoms with Crippen molar-refractivity contribution in [3.05, 3.63) is 29.3 Å². The first-order chi connectivity index (χ1) is 12.0. The van der Waals surface area contributed by atoms with Gasteiger partial charge in [-0.15, -0.1) is 12.4 Å². The third kappa shape index (κ3) is 4.52. The summed E-state index contributed by atoms with van der Waals surface area (Å²) in [6.07, 6.45) is 4.23. The van der Waals surface area contributed by atoms with E-state index < -0.39 is 0 Å². The number of benzene rings is 1. The number of carbonyl (C=O) groups is 1. The van der Waals surface area contributed by atoms with E-state index in [-0.39, 0.29) is 24.2 Å². The molecule has 0 radical (unpaired) electrons. The van der Waals surface area contributed by atoms with Crippen LogP contribution in [0.3, 0.4) is 0 Å². The fourth-order valence-corrected chi connectivity index (χ4v) is 4.84. The van der Waals surface area contributed by atoms with Gasteiger partial charge in [0.25, 0.3) is 0 Å². The minimum absolute atomic E-state index is 0. The van der Waals surface area contributed by atoms with Crippen molar-refractivity contribution >= 4 is 18.3 Å². The lowest BCUT2D eigenvalue weighted by atomic mass is 9.67. The second kappa shape index (κ2) is 9.09. The molecular weight excluding hydrogens is 348 g/mol. The van der Waals surface area contributed by atoms with E-state index in [4.69, 9.17) is 4.74 Å². The highest BCUT2D eigenvalue weighted by Gasteiger charge is 2.41. The molecule has 3 rings (SSSR count). The van der Waals surface area contributed by atoms with Crippen LogP contribution in [0.25, 0.3) is 0 Å². The lowest BCUT2D eigenvalue weighted by molar-refractivity contribution is -0.125. The molecule has 2 N–H and O–H groups in total. The van der Waals surface area contributed by atoms with Crippen LogP contribution < -0.4 is 15.4 Å². The van der Waals surface area contributed by atoms with Crippen LogP contribution in [-0.2, 0) is 11.2 Å². The van der Waals surface area contributed by atoms with Gasteiger partial charge in [0.05, 0.1) is 7.11 Å². The molecule has 1 saturated heterocycles. The summed E-state index contributed by atoms with van der Waals surface area (Å²) in [4.78, 5) is 12.9. The van der Waals surface area contributed by atoms with Crippen molar-refractivity contribution < 1.29 is 9.53 Å². The molecular formula is C21H33ClN2O2. The standard InChI is InChI=1S/C21H32N2O2.ClH/c1-13(2)23-14(3)11-19-20-15(9-10-22-21(19)24)5-6-16-12-17(25-4)7-8-18(16)20;/h7-8,12-15,19-20,23H,5-6,9-11H2,1-4H3,(H,22,24);1H. The summed E-state index contributed by atoms with van der Waals surface area (Å²) in [6.45, 7) is 7.34. The molecule has 1 aliphatic carbocycles. The number of nitrogens with one attached hydrogen (secondary N) is 2. The molecule has 1 fully saturated rings. The van der Waals surface area contributed by atoms with Gasteiger partial charge in [-0.2, -0.15) is 0 Å². The lowest BCUT2D eigenvalue weighted by Gasteiger charge is -2.37. The quantitative estimate of drug-likeness (QED) is 0.819. The van der Waals surface area contributed by atoms with Crippen molar-refractivity contribution in [2.45, 2.75) is 64.5 Å². The molecule has 26 heavy (non-hydrogen) atoms. The zero-order chi connectivity index (χ0) is 18.0. The van der Waals surface area contributed by atoms with Crippen molar-refractivity contribution in [2.24, 2.45) is 11.8 Å². The van der Waals surface area contributed by atoms with Gasteiger partial charge in [-0.1, -0.05) is 19.9 Å². The van der Waals surface area contributed by atoms with E-state index in [1.54, 1.807) is 7.11 Å². The van der Waals surface area contributed by atoms with Gasteiger partial charge in [-0.25, -0.2) is 0 Å². The highest BCUT2D eigenvalue weighted by molar-refractivity contribution is 5.85. The van der Waals surface area contributed by atoms with Crippen LogP contribution in [0.4, 0.5) is 0 Å². The van der Waals surface area contributed by atoms with E-state index in [0.29, 0.717) is 23.9 Å². The molecule has 1 aromatic rings. The molecule has 5 heteroatoms. The molecule has 2 aliphatic rings. The SMILES string of the molecule is COc1ccc2c(c1)CCC1CCNC(=O)C(CC(C)NC(C)C)C21.Cl. The monoisotopic (exact) mass is 380 g/mol. The maximum absolute atomic E-state index is 12.9. The Morgan fingerprint density at radius 1 is 1.27 bits per heavy atom. The van der Waals surface area contributed by atoms with Gasteiger partial charge in [0.1, 0.15) is 5.75 Å². The van der Waals surface area contributed by atoms with Crippen LogP contribution in [-0.4, -0.2) is 31.6 Å². The van der Waals surface area contributed by atoms with E-state index >= 15 is 0 Å². The van der Waals surface area contributed by atoms with Crippen molar-refractivity contribution in [3.63, 3.8) is 0 Å². The Bertz CT molecular complexity index is 620. The Kier molecular flexibility index (Phi) is 7.36. The first-order valence-corrected chi connectivity index (χ1v) is 9.70. The summed E-state index contributed by atoms with van der Waals surface area (Å²) in [5, 5.41) is 6.74. The first-order valence-electron chi connectivity index (χ1n) is 9.70. The fourth-order valence-electron chi connectivity index (χ4n) is 4.84. The molecule has 0 bridgehead atoms. The number of methoxy groups -OCH3 is 1. The zero-order valence-corrected chi connectivity index (χ0v) is 17.2. The third-order valence-electron chi connectivity index (χ3n) is 5.81. The molecule has 4 nitrogen and oxygen atoms in total. The molecule has 4 unspecified atom stereocenters. The summed E-state index contributed by atoms with van der Waals surface area (Å²) < 4.78 is 5.41. The molecule has 0 saturated carbocycles. The predicted octanol–water partition coefficient (Wildman–Crippen LogP) is 3.68. The van der Waals surface area contributed by atoms with Gasteiger partial charge < -0.3 is 15.4 Å². The number of halogens is 1. The Morgan fingerprint density at radius 2 is 2.04 bits per heavy atom. The molecule has 0 aromatic heterocycles. The van der Waals surface area contributed by atoms with Gasteiger partial charge in [0.2, 0.25) is 5.91 Å². The van der Waals surface area contributed by atoms with Gasteiger partial charge >= 0.3 is 0 Å². The zero-order valence-electron chi connectivity index (χ0n) is 16.4.